The maximum absolute atomic E-state index is 15.1. The van der Waals surface area contributed by atoms with Crippen molar-refractivity contribution in [3.05, 3.63) is 106 Å². The molecule has 2 unspecified atom stereocenters. The maximum Gasteiger partial charge on any atom is 0.432 e. The van der Waals surface area contributed by atoms with Gasteiger partial charge in [0.1, 0.15) is 11.5 Å². The van der Waals surface area contributed by atoms with Gasteiger partial charge in [-0.25, -0.2) is 15.2 Å². The lowest BCUT2D eigenvalue weighted by Gasteiger charge is -2.23. The van der Waals surface area contributed by atoms with E-state index in [0.717, 1.165) is 0 Å². The molecule has 3 heterocycles. The molecule has 0 saturated heterocycles. The largest absolute Gasteiger partial charge is 0.432 e. The van der Waals surface area contributed by atoms with E-state index < -0.39 is 35.2 Å². The molecule has 0 saturated carbocycles. The fourth-order valence-corrected chi connectivity index (χ4v) is 5.34. The van der Waals surface area contributed by atoms with Gasteiger partial charge in [-0.15, -0.1) is 0 Å². The molecule has 0 radical (unpaired) electrons. The number of pyridine rings is 1. The van der Waals surface area contributed by atoms with E-state index >= 15 is 4.39 Å². The van der Waals surface area contributed by atoms with Crippen LogP contribution in [0.1, 0.15) is 37.9 Å². The van der Waals surface area contributed by atoms with E-state index in [4.69, 9.17) is 23.2 Å². The third-order valence-electron chi connectivity index (χ3n) is 7.53. The number of nitrogens with zero attached hydrogens (tertiary/aromatic N) is 4. The lowest BCUT2D eigenvalue weighted by Crippen LogP contribution is -2.30. The minimum absolute atomic E-state index is 0.0598. The molecule has 2 atom stereocenters. The predicted octanol–water partition coefficient (Wildman–Crippen LogP) is 6.16. The van der Waals surface area contributed by atoms with Crippen LogP contribution in [-0.2, 0) is 4.79 Å². The average Bonchev–Trinajstić information content (AvgIpc) is 2.98. The lowest BCUT2D eigenvalue weighted by atomic mass is 9.95. The van der Waals surface area contributed by atoms with E-state index in [1.54, 1.807) is 25.1 Å². The normalized spacial score (nSPS) is 17.5. The van der Waals surface area contributed by atoms with Crippen LogP contribution in [0.15, 0.2) is 83.8 Å². The first kappa shape index (κ1) is 31.7. The molecular formula is C31H28ClF4N7O2. The summed E-state index contributed by atoms with van der Waals surface area (Å²) in [7, 11) is 0. The lowest BCUT2D eigenvalue weighted by molar-refractivity contribution is -0.119. The average molecular weight is 642 g/mol. The summed E-state index contributed by atoms with van der Waals surface area (Å²) in [5, 5.41) is 3.74. The SMILES string of the molecule is CC1CCCC(n2cnc(-c3cc(Cl)ccc3N(N)/C=C(\N)C(F)(F)F)cc2=O)c2cc(ccn2)-c2c(F)cccc2NC1=O. The molecule has 0 spiro atoms. The number of aromatic nitrogens is 3. The van der Waals surface area contributed by atoms with Crippen LogP contribution in [0, 0.1) is 11.7 Å². The highest BCUT2D eigenvalue weighted by Gasteiger charge is 2.32. The van der Waals surface area contributed by atoms with Gasteiger partial charge in [0.2, 0.25) is 5.91 Å². The summed E-state index contributed by atoms with van der Waals surface area (Å²) in [6.07, 6.45) is -0.0524. The van der Waals surface area contributed by atoms with Crippen molar-refractivity contribution < 1.29 is 22.4 Å². The molecule has 0 fully saturated rings. The van der Waals surface area contributed by atoms with Crippen molar-refractivity contribution in [2.24, 2.45) is 17.5 Å². The van der Waals surface area contributed by atoms with Gasteiger partial charge in [0, 0.05) is 40.5 Å². The first-order valence-electron chi connectivity index (χ1n) is 13.9. The van der Waals surface area contributed by atoms with Crippen molar-refractivity contribution in [2.75, 3.05) is 10.3 Å². The fraction of sp³-hybridized carbons (Fsp3) is 0.226. The molecule has 5 N–H and O–H groups in total. The number of benzene rings is 2. The van der Waals surface area contributed by atoms with E-state index in [-0.39, 0.29) is 33.4 Å². The quantitative estimate of drug-likeness (QED) is 0.138. The molecule has 14 heteroatoms. The number of hydrogen-bond donors (Lipinski definition) is 3. The van der Waals surface area contributed by atoms with Gasteiger partial charge in [-0.05, 0) is 60.9 Å². The molecular weight excluding hydrogens is 614 g/mol. The monoisotopic (exact) mass is 641 g/mol. The van der Waals surface area contributed by atoms with Crippen LogP contribution in [0.5, 0.6) is 0 Å². The van der Waals surface area contributed by atoms with Crippen molar-refractivity contribution in [2.45, 2.75) is 38.4 Å². The summed E-state index contributed by atoms with van der Waals surface area (Å²) in [6, 6.07) is 12.5. The Balaban J connectivity index is 1.58. The number of fused-ring (bicyclic) bond motifs is 4. The van der Waals surface area contributed by atoms with Crippen molar-refractivity contribution in [1.29, 1.82) is 0 Å². The second kappa shape index (κ2) is 12.7. The molecule has 0 aliphatic carbocycles. The Hall–Kier alpha value is -4.75. The van der Waals surface area contributed by atoms with Crippen LogP contribution in [0.4, 0.5) is 28.9 Å². The van der Waals surface area contributed by atoms with Gasteiger partial charge in [0.05, 0.1) is 35.1 Å². The number of carbonyl (C=O) groups excluding carboxylic acids is 1. The molecule has 5 rings (SSSR count). The van der Waals surface area contributed by atoms with E-state index in [1.807, 2.05) is 0 Å². The number of alkyl halides is 3. The van der Waals surface area contributed by atoms with E-state index in [0.29, 0.717) is 47.4 Å². The summed E-state index contributed by atoms with van der Waals surface area (Å²) in [5.41, 5.74) is 5.01. The summed E-state index contributed by atoms with van der Waals surface area (Å²) in [5.74, 6) is 4.72. The number of amides is 1. The Kier molecular flexibility index (Phi) is 8.94. The molecule has 1 amide bonds. The van der Waals surface area contributed by atoms with E-state index in [9.17, 15) is 22.8 Å². The zero-order valence-corrected chi connectivity index (χ0v) is 24.6. The van der Waals surface area contributed by atoms with E-state index in [1.165, 1.54) is 53.5 Å². The predicted molar refractivity (Wildman–Crippen MR) is 163 cm³/mol. The highest BCUT2D eigenvalue weighted by molar-refractivity contribution is 6.31. The van der Waals surface area contributed by atoms with Crippen LogP contribution >= 0.6 is 11.6 Å². The number of allylic oxidation sites excluding steroid dienone is 1. The third-order valence-corrected chi connectivity index (χ3v) is 7.77. The summed E-state index contributed by atoms with van der Waals surface area (Å²) in [4.78, 5) is 35.5. The van der Waals surface area contributed by atoms with Crippen molar-refractivity contribution in [3.8, 4) is 22.4 Å². The standard InChI is InChI=1S/C31H28ClF4N7O2/c1-17-4-2-7-26(24-12-18(10-11-39-24)29-21(33)5-3-6-22(29)41-30(17)45)42-16-40-23(14-28(42)44)20-13-19(32)8-9-25(20)43(38)15-27(37)31(34,35)36/h3,5-6,8-17,26H,2,4,7,37-38H2,1H3,(H,41,45)/b27-15-. The Bertz CT molecular complexity index is 1840. The first-order chi connectivity index (χ1) is 21.3. The van der Waals surface area contributed by atoms with Gasteiger partial charge in [-0.2, -0.15) is 13.2 Å². The maximum atomic E-state index is 15.1. The zero-order valence-electron chi connectivity index (χ0n) is 23.9. The highest BCUT2D eigenvalue weighted by Crippen LogP contribution is 2.35. The van der Waals surface area contributed by atoms with Gasteiger partial charge >= 0.3 is 6.18 Å². The van der Waals surface area contributed by atoms with Crippen LogP contribution in [0.3, 0.4) is 0 Å². The highest BCUT2D eigenvalue weighted by atomic mass is 35.5. The number of anilines is 2. The van der Waals surface area contributed by atoms with Crippen molar-refractivity contribution >= 4 is 28.9 Å². The van der Waals surface area contributed by atoms with Crippen LogP contribution in [0.25, 0.3) is 22.4 Å². The Morgan fingerprint density at radius 2 is 1.89 bits per heavy atom. The zero-order chi connectivity index (χ0) is 32.5. The summed E-state index contributed by atoms with van der Waals surface area (Å²) in [6.45, 7) is 1.77. The molecule has 2 aromatic heterocycles. The van der Waals surface area contributed by atoms with Crippen molar-refractivity contribution in [3.63, 3.8) is 0 Å². The molecule has 234 valence electrons. The number of hydrogen-bond acceptors (Lipinski definition) is 7. The molecule has 1 aliphatic heterocycles. The minimum atomic E-state index is -4.81. The number of rotatable bonds is 4. The van der Waals surface area contributed by atoms with Crippen LogP contribution in [0.2, 0.25) is 5.02 Å². The molecule has 4 aromatic rings. The Labute approximate surface area is 260 Å². The van der Waals surface area contributed by atoms with Crippen LogP contribution in [-0.4, -0.2) is 26.6 Å². The van der Waals surface area contributed by atoms with E-state index in [2.05, 4.69) is 15.3 Å². The second-order valence-electron chi connectivity index (χ2n) is 10.6. The number of hydrazine groups is 1. The minimum Gasteiger partial charge on any atom is -0.393 e. The first-order valence-corrected chi connectivity index (χ1v) is 14.2. The number of halogens is 5. The Morgan fingerprint density at radius 3 is 2.62 bits per heavy atom. The topological polar surface area (TPSA) is 132 Å². The second-order valence-corrected chi connectivity index (χ2v) is 11.1. The smallest absolute Gasteiger partial charge is 0.393 e. The van der Waals surface area contributed by atoms with Gasteiger partial charge in [-0.1, -0.05) is 31.0 Å². The molecule has 2 bridgehead atoms. The fourth-order valence-electron chi connectivity index (χ4n) is 5.16. The molecule has 2 aromatic carbocycles. The summed E-state index contributed by atoms with van der Waals surface area (Å²) >= 11 is 6.18. The van der Waals surface area contributed by atoms with Gasteiger partial charge < -0.3 is 11.1 Å². The number of carbonyl (C=O) groups is 1. The molecule has 9 nitrogen and oxygen atoms in total. The van der Waals surface area contributed by atoms with Crippen LogP contribution < -0.4 is 27.5 Å². The Morgan fingerprint density at radius 1 is 1.11 bits per heavy atom. The number of nitrogens with two attached hydrogens (primary N) is 2. The van der Waals surface area contributed by atoms with Gasteiger partial charge in [-0.3, -0.25) is 24.1 Å². The molecule has 45 heavy (non-hydrogen) atoms. The van der Waals surface area contributed by atoms with Crippen molar-refractivity contribution in [1.82, 2.24) is 14.5 Å². The van der Waals surface area contributed by atoms with Gasteiger partial charge in [0.25, 0.3) is 5.56 Å². The number of nitrogens with one attached hydrogen (secondary N) is 1. The third kappa shape index (κ3) is 6.84. The summed E-state index contributed by atoms with van der Waals surface area (Å²) < 4.78 is 55.6. The van der Waals surface area contributed by atoms with Gasteiger partial charge in [0.15, 0.2) is 0 Å². The molecule has 1 aliphatic rings.